The van der Waals surface area contributed by atoms with Crippen LogP contribution in [0.5, 0.6) is 0 Å². The number of hydrogen-bond donors (Lipinski definition) is 3. The van der Waals surface area contributed by atoms with E-state index in [0.29, 0.717) is 16.4 Å². The van der Waals surface area contributed by atoms with Crippen LogP contribution >= 0.6 is 23.6 Å². The Balaban J connectivity index is 2.07. The standard InChI is InChI=1S/C15H23N3OS2/c1-15(2,3)9-5-6-10-11(8-21-12(10)7-9)13(19)17-18-14(20)16-4/h8-9H,5-7H2,1-4H3,(H,17,19)(H2,16,18,20)/t9-/m0/s1. The van der Waals surface area contributed by atoms with E-state index in [2.05, 4.69) is 36.9 Å². The van der Waals surface area contributed by atoms with Gasteiger partial charge in [0.15, 0.2) is 5.11 Å². The lowest BCUT2D eigenvalue weighted by molar-refractivity contribution is 0.0942. The minimum Gasteiger partial charge on any atom is -0.364 e. The Labute approximate surface area is 135 Å². The Bertz CT molecular complexity index is 546. The molecule has 1 heterocycles. The van der Waals surface area contributed by atoms with Gasteiger partial charge in [-0.15, -0.1) is 11.3 Å². The van der Waals surface area contributed by atoms with Crippen molar-refractivity contribution in [3.05, 3.63) is 21.4 Å². The van der Waals surface area contributed by atoms with E-state index in [-0.39, 0.29) is 5.91 Å². The van der Waals surface area contributed by atoms with Gasteiger partial charge in [-0.05, 0) is 48.4 Å². The van der Waals surface area contributed by atoms with E-state index in [4.69, 9.17) is 12.2 Å². The maximum Gasteiger partial charge on any atom is 0.270 e. The number of carbonyl (C=O) groups is 1. The number of thiophene rings is 1. The van der Waals surface area contributed by atoms with E-state index in [0.717, 1.165) is 24.8 Å². The van der Waals surface area contributed by atoms with Crippen molar-refractivity contribution in [3.8, 4) is 0 Å². The minimum absolute atomic E-state index is 0.112. The summed E-state index contributed by atoms with van der Waals surface area (Å²) in [4.78, 5) is 13.6. The van der Waals surface area contributed by atoms with Crippen LogP contribution < -0.4 is 16.2 Å². The van der Waals surface area contributed by atoms with Crippen molar-refractivity contribution in [2.24, 2.45) is 11.3 Å². The van der Waals surface area contributed by atoms with Crippen molar-refractivity contribution in [1.82, 2.24) is 16.2 Å². The van der Waals surface area contributed by atoms with Gasteiger partial charge in [-0.3, -0.25) is 15.6 Å². The van der Waals surface area contributed by atoms with Crippen LogP contribution in [-0.2, 0) is 12.8 Å². The quantitative estimate of drug-likeness (QED) is 0.549. The summed E-state index contributed by atoms with van der Waals surface area (Å²) in [6.45, 7) is 6.89. The zero-order valence-electron chi connectivity index (χ0n) is 13.0. The van der Waals surface area contributed by atoms with E-state index < -0.39 is 0 Å². The first kappa shape index (κ1) is 16.2. The molecule has 21 heavy (non-hydrogen) atoms. The highest BCUT2D eigenvalue weighted by atomic mass is 32.1. The van der Waals surface area contributed by atoms with Gasteiger partial charge in [0.05, 0.1) is 5.56 Å². The SMILES string of the molecule is CNC(=S)NNC(=O)c1csc2c1CC[C@H](C(C)(C)C)C2. The minimum atomic E-state index is -0.112. The molecule has 6 heteroatoms. The number of amides is 1. The number of fused-ring (bicyclic) bond motifs is 1. The number of rotatable bonds is 1. The van der Waals surface area contributed by atoms with E-state index >= 15 is 0 Å². The van der Waals surface area contributed by atoms with Crippen molar-refractivity contribution < 1.29 is 4.79 Å². The van der Waals surface area contributed by atoms with Gasteiger partial charge in [-0.2, -0.15) is 0 Å². The summed E-state index contributed by atoms with van der Waals surface area (Å²) in [5, 5.41) is 5.13. The molecule has 0 spiro atoms. The number of hydrogen-bond acceptors (Lipinski definition) is 3. The van der Waals surface area contributed by atoms with Crippen LogP contribution in [0.4, 0.5) is 0 Å². The maximum absolute atomic E-state index is 12.2. The Kier molecular flexibility index (Phi) is 4.88. The zero-order valence-corrected chi connectivity index (χ0v) is 14.6. The van der Waals surface area contributed by atoms with Crippen LogP contribution in [0.2, 0.25) is 0 Å². The molecule has 1 atom stereocenters. The molecule has 1 amide bonds. The van der Waals surface area contributed by atoms with Gasteiger partial charge < -0.3 is 5.32 Å². The van der Waals surface area contributed by atoms with Crippen molar-refractivity contribution in [1.29, 1.82) is 0 Å². The summed E-state index contributed by atoms with van der Waals surface area (Å²) in [7, 11) is 1.71. The molecule has 1 aliphatic rings. The summed E-state index contributed by atoms with van der Waals surface area (Å²) in [5.74, 6) is 0.578. The summed E-state index contributed by atoms with van der Waals surface area (Å²) in [5.41, 5.74) is 7.65. The Hall–Kier alpha value is -1.14. The number of thiocarbonyl (C=S) groups is 1. The molecule has 116 valence electrons. The lowest BCUT2D eigenvalue weighted by Gasteiger charge is -2.34. The van der Waals surface area contributed by atoms with E-state index in [1.807, 2.05) is 5.38 Å². The molecule has 0 aromatic carbocycles. The van der Waals surface area contributed by atoms with Crippen molar-refractivity contribution in [2.75, 3.05) is 7.05 Å². The van der Waals surface area contributed by atoms with Crippen LogP contribution in [0.15, 0.2) is 5.38 Å². The molecule has 3 N–H and O–H groups in total. The average molecular weight is 326 g/mol. The Morgan fingerprint density at radius 2 is 2.10 bits per heavy atom. The lowest BCUT2D eigenvalue weighted by atomic mass is 9.72. The zero-order chi connectivity index (χ0) is 15.6. The molecule has 1 aliphatic carbocycles. The van der Waals surface area contributed by atoms with Gasteiger partial charge in [0, 0.05) is 17.3 Å². The summed E-state index contributed by atoms with van der Waals surface area (Å²) < 4.78 is 0. The molecule has 0 bridgehead atoms. The predicted octanol–water partition coefficient (Wildman–Crippen LogP) is 2.64. The first-order chi connectivity index (χ1) is 9.82. The third-order valence-corrected chi connectivity index (χ3v) is 5.50. The topological polar surface area (TPSA) is 53.2 Å². The summed E-state index contributed by atoms with van der Waals surface area (Å²) >= 11 is 6.65. The van der Waals surface area contributed by atoms with Gasteiger partial charge in [-0.25, -0.2) is 0 Å². The van der Waals surface area contributed by atoms with E-state index in [1.54, 1.807) is 18.4 Å². The molecule has 1 aromatic heterocycles. The van der Waals surface area contributed by atoms with Crippen LogP contribution in [0, 0.1) is 11.3 Å². The monoisotopic (exact) mass is 325 g/mol. The molecule has 0 radical (unpaired) electrons. The van der Waals surface area contributed by atoms with Gasteiger partial charge in [0.25, 0.3) is 5.91 Å². The lowest BCUT2D eigenvalue weighted by Crippen LogP contribution is -2.45. The van der Waals surface area contributed by atoms with Crippen LogP contribution in [0.25, 0.3) is 0 Å². The number of carbonyl (C=O) groups excluding carboxylic acids is 1. The molecule has 1 aromatic rings. The van der Waals surface area contributed by atoms with E-state index in [1.165, 1.54) is 10.4 Å². The maximum atomic E-state index is 12.2. The van der Waals surface area contributed by atoms with Crippen molar-refractivity contribution in [2.45, 2.75) is 40.0 Å². The molecular weight excluding hydrogens is 302 g/mol. The molecular formula is C15H23N3OS2. The highest BCUT2D eigenvalue weighted by Crippen LogP contribution is 2.40. The third kappa shape index (κ3) is 3.74. The Morgan fingerprint density at radius 1 is 1.38 bits per heavy atom. The molecule has 0 saturated carbocycles. The summed E-state index contributed by atoms with van der Waals surface area (Å²) in [6.07, 6.45) is 3.22. The second-order valence-electron chi connectivity index (χ2n) is 6.52. The second-order valence-corrected chi connectivity index (χ2v) is 7.89. The molecule has 0 saturated heterocycles. The highest BCUT2D eigenvalue weighted by Gasteiger charge is 2.31. The predicted molar refractivity (Wildman–Crippen MR) is 91.5 cm³/mol. The fraction of sp³-hybridized carbons (Fsp3) is 0.600. The van der Waals surface area contributed by atoms with Gasteiger partial charge in [-0.1, -0.05) is 20.8 Å². The molecule has 2 rings (SSSR count). The van der Waals surface area contributed by atoms with Crippen molar-refractivity contribution >= 4 is 34.6 Å². The fourth-order valence-electron chi connectivity index (χ4n) is 2.69. The van der Waals surface area contributed by atoms with Crippen LogP contribution in [0.1, 0.15) is 48.0 Å². The first-order valence-electron chi connectivity index (χ1n) is 7.20. The van der Waals surface area contributed by atoms with Gasteiger partial charge in [0.1, 0.15) is 0 Å². The van der Waals surface area contributed by atoms with Gasteiger partial charge >= 0.3 is 0 Å². The van der Waals surface area contributed by atoms with Crippen molar-refractivity contribution in [3.63, 3.8) is 0 Å². The fourth-order valence-corrected chi connectivity index (χ4v) is 3.90. The molecule has 0 aliphatic heterocycles. The Morgan fingerprint density at radius 3 is 2.71 bits per heavy atom. The number of nitrogens with one attached hydrogen (secondary N) is 3. The smallest absolute Gasteiger partial charge is 0.270 e. The average Bonchev–Trinajstić information content (AvgIpc) is 2.86. The van der Waals surface area contributed by atoms with Crippen LogP contribution in [0.3, 0.4) is 0 Å². The summed E-state index contributed by atoms with van der Waals surface area (Å²) in [6, 6.07) is 0. The first-order valence-corrected chi connectivity index (χ1v) is 8.49. The molecule has 0 fully saturated rings. The van der Waals surface area contributed by atoms with Gasteiger partial charge in [0.2, 0.25) is 0 Å². The molecule has 4 nitrogen and oxygen atoms in total. The largest absolute Gasteiger partial charge is 0.364 e. The number of hydrazine groups is 1. The highest BCUT2D eigenvalue weighted by molar-refractivity contribution is 7.80. The van der Waals surface area contributed by atoms with Crippen LogP contribution in [-0.4, -0.2) is 18.1 Å². The molecule has 0 unspecified atom stereocenters. The van der Waals surface area contributed by atoms with E-state index in [9.17, 15) is 4.79 Å². The normalized spacial score (nSPS) is 17.8. The second kappa shape index (κ2) is 6.32. The third-order valence-electron chi connectivity index (χ3n) is 4.14.